The second-order valence-corrected chi connectivity index (χ2v) is 3.32. The summed E-state index contributed by atoms with van der Waals surface area (Å²) in [5.41, 5.74) is 0.692. The van der Waals surface area contributed by atoms with Gasteiger partial charge in [0.05, 0.1) is 4.47 Å². The van der Waals surface area contributed by atoms with E-state index in [1.54, 1.807) is 12.1 Å². The average Bonchev–Trinajstić information content (AvgIpc) is 2.08. The van der Waals surface area contributed by atoms with Crippen LogP contribution < -0.4 is 0 Å². The Morgan fingerprint density at radius 3 is 2.83 bits per heavy atom. The van der Waals surface area contributed by atoms with Crippen LogP contribution in [0.4, 0.5) is 4.39 Å². The Hall–Kier alpha value is -0.410. The van der Waals surface area contributed by atoms with E-state index in [0.717, 1.165) is 0 Å². The van der Waals surface area contributed by atoms with Crippen molar-refractivity contribution < 1.29 is 9.50 Å². The third-order valence-electron chi connectivity index (χ3n) is 1.64. The summed E-state index contributed by atoms with van der Waals surface area (Å²) in [5.74, 6) is -0.607. The largest absolute Gasteiger partial charge is 0.396 e. The highest BCUT2D eigenvalue weighted by Crippen LogP contribution is 2.26. The molecule has 1 nitrogen and oxygen atoms in total. The Morgan fingerprint density at radius 1 is 1.58 bits per heavy atom. The Morgan fingerprint density at radius 2 is 2.25 bits per heavy atom. The van der Waals surface area contributed by atoms with Crippen molar-refractivity contribution in [2.24, 2.45) is 0 Å². The van der Waals surface area contributed by atoms with Gasteiger partial charge in [-0.1, -0.05) is 12.1 Å². The second-order valence-electron chi connectivity index (χ2n) is 2.52. The normalized spacial score (nSPS) is 13.0. The van der Waals surface area contributed by atoms with Gasteiger partial charge in [0.2, 0.25) is 0 Å². The average molecular weight is 232 g/mol. The number of rotatable bonds is 2. The van der Waals surface area contributed by atoms with Gasteiger partial charge >= 0.3 is 0 Å². The van der Waals surface area contributed by atoms with Crippen molar-refractivity contribution in [2.75, 3.05) is 6.61 Å². The molecule has 1 aromatic rings. The van der Waals surface area contributed by atoms with Crippen LogP contribution in [0.25, 0.3) is 0 Å². The summed E-state index contributed by atoms with van der Waals surface area (Å²) in [5, 5.41) is 8.80. The summed E-state index contributed by atoms with van der Waals surface area (Å²) in [6.45, 7) is 3.60. The summed E-state index contributed by atoms with van der Waals surface area (Å²) < 4.78 is 13.3. The number of benzene rings is 1. The topological polar surface area (TPSA) is 20.2 Å². The van der Waals surface area contributed by atoms with Crippen LogP contribution in [-0.2, 0) is 0 Å². The predicted molar refractivity (Wildman–Crippen MR) is 49.3 cm³/mol. The van der Waals surface area contributed by atoms with Crippen LogP contribution in [0, 0.1) is 12.7 Å². The fraction of sp³-hybridized carbons (Fsp3) is 0.222. The fourth-order valence-electron chi connectivity index (χ4n) is 0.934. The second kappa shape index (κ2) is 4.01. The van der Waals surface area contributed by atoms with Crippen LogP contribution in [0.5, 0.6) is 0 Å². The van der Waals surface area contributed by atoms with Crippen LogP contribution in [-0.4, -0.2) is 11.7 Å². The first-order valence-electron chi connectivity index (χ1n) is 3.54. The number of hydrogen-bond acceptors (Lipinski definition) is 1. The molecule has 1 unspecified atom stereocenters. The van der Waals surface area contributed by atoms with Gasteiger partial charge in [0, 0.05) is 12.5 Å². The highest BCUT2D eigenvalue weighted by Gasteiger charge is 2.10. The maximum absolute atomic E-state index is 12.9. The van der Waals surface area contributed by atoms with E-state index in [-0.39, 0.29) is 18.3 Å². The number of aliphatic hydroxyl groups excluding tert-OH is 1. The van der Waals surface area contributed by atoms with E-state index < -0.39 is 0 Å². The van der Waals surface area contributed by atoms with Gasteiger partial charge < -0.3 is 5.11 Å². The van der Waals surface area contributed by atoms with E-state index in [2.05, 4.69) is 22.9 Å². The SMILES string of the molecule is [CH2]C(CO)c1cccc(F)c1Br. The number of aliphatic hydroxyl groups is 1. The summed E-state index contributed by atoms with van der Waals surface area (Å²) in [4.78, 5) is 0. The molecule has 12 heavy (non-hydrogen) atoms. The minimum Gasteiger partial charge on any atom is -0.396 e. The first-order chi connectivity index (χ1) is 5.66. The molecule has 1 aromatic carbocycles. The zero-order chi connectivity index (χ0) is 9.14. The minimum atomic E-state index is -0.324. The highest BCUT2D eigenvalue weighted by atomic mass is 79.9. The first kappa shape index (κ1) is 9.68. The summed E-state index contributed by atoms with van der Waals surface area (Å²) in [7, 11) is 0. The molecular formula is C9H9BrFO. The molecule has 0 saturated carbocycles. The Kier molecular flexibility index (Phi) is 3.23. The van der Waals surface area contributed by atoms with Gasteiger partial charge in [0.25, 0.3) is 0 Å². The molecule has 3 heteroatoms. The third kappa shape index (κ3) is 1.84. The highest BCUT2D eigenvalue weighted by molar-refractivity contribution is 9.10. The van der Waals surface area contributed by atoms with Gasteiger partial charge in [0.1, 0.15) is 5.82 Å². The monoisotopic (exact) mass is 231 g/mol. The Labute approximate surface area is 79.4 Å². The van der Waals surface area contributed by atoms with Crippen molar-refractivity contribution in [3.05, 3.63) is 41.0 Å². The molecule has 65 valence electrons. The Bertz CT molecular complexity index is 275. The third-order valence-corrected chi connectivity index (χ3v) is 2.48. The van der Waals surface area contributed by atoms with E-state index in [1.165, 1.54) is 6.07 Å². The molecule has 0 aliphatic heterocycles. The number of halogens is 2. The zero-order valence-corrected chi connectivity index (χ0v) is 8.01. The molecule has 0 spiro atoms. The lowest BCUT2D eigenvalue weighted by atomic mass is 10.0. The molecule has 0 aliphatic rings. The van der Waals surface area contributed by atoms with Crippen LogP contribution in [0.15, 0.2) is 22.7 Å². The van der Waals surface area contributed by atoms with Crippen molar-refractivity contribution in [3.63, 3.8) is 0 Å². The molecule has 0 heterocycles. The molecule has 0 fully saturated rings. The number of hydrogen-bond donors (Lipinski definition) is 1. The van der Waals surface area contributed by atoms with E-state index >= 15 is 0 Å². The Balaban J connectivity index is 3.07. The van der Waals surface area contributed by atoms with Gasteiger partial charge in [0.15, 0.2) is 0 Å². The molecule has 1 atom stereocenters. The van der Waals surface area contributed by atoms with Gasteiger partial charge in [-0.15, -0.1) is 0 Å². The first-order valence-corrected chi connectivity index (χ1v) is 4.34. The van der Waals surface area contributed by atoms with Crippen LogP contribution in [0.3, 0.4) is 0 Å². The quantitative estimate of drug-likeness (QED) is 0.830. The van der Waals surface area contributed by atoms with Crippen molar-refractivity contribution in [3.8, 4) is 0 Å². The molecule has 1 radical (unpaired) electrons. The van der Waals surface area contributed by atoms with Crippen molar-refractivity contribution >= 4 is 15.9 Å². The molecule has 0 bridgehead atoms. The maximum Gasteiger partial charge on any atom is 0.137 e. The molecule has 0 amide bonds. The van der Waals surface area contributed by atoms with Gasteiger partial charge in [-0.2, -0.15) is 0 Å². The maximum atomic E-state index is 12.9. The summed E-state index contributed by atoms with van der Waals surface area (Å²) in [6.07, 6.45) is 0. The molecule has 0 saturated heterocycles. The van der Waals surface area contributed by atoms with Crippen LogP contribution in [0.2, 0.25) is 0 Å². The predicted octanol–water partition coefficient (Wildman–Crippen LogP) is 2.50. The zero-order valence-electron chi connectivity index (χ0n) is 6.43. The van der Waals surface area contributed by atoms with E-state index in [9.17, 15) is 4.39 Å². The smallest absolute Gasteiger partial charge is 0.137 e. The van der Waals surface area contributed by atoms with Crippen molar-refractivity contribution in [1.29, 1.82) is 0 Å². The van der Waals surface area contributed by atoms with Gasteiger partial charge in [-0.25, -0.2) is 4.39 Å². The molecule has 0 aliphatic carbocycles. The lowest BCUT2D eigenvalue weighted by Crippen LogP contribution is -2.01. The minimum absolute atomic E-state index is 0.0813. The molecule has 1 rings (SSSR count). The van der Waals surface area contributed by atoms with Crippen LogP contribution in [0.1, 0.15) is 11.5 Å². The van der Waals surface area contributed by atoms with Gasteiger partial charge in [-0.05, 0) is 34.5 Å². The lowest BCUT2D eigenvalue weighted by Gasteiger charge is -2.10. The molecular weight excluding hydrogens is 223 g/mol. The summed E-state index contributed by atoms with van der Waals surface area (Å²) >= 11 is 3.10. The van der Waals surface area contributed by atoms with Crippen LogP contribution >= 0.6 is 15.9 Å². The van der Waals surface area contributed by atoms with Crippen molar-refractivity contribution in [1.82, 2.24) is 0 Å². The lowest BCUT2D eigenvalue weighted by molar-refractivity contribution is 0.282. The molecule has 1 N–H and O–H groups in total. The van der Waals surface area contributed by atoms with E-state index in [4.69, 9.17) is 5.11 Å². The fourth-order valence-corrected chi connectivity index (χ4v) is 1.52. The van der Waals surface area contributed by atoms with Crippen molar-refractivity contribution in [2.45, 2.75) is 5.92 Å². The van der Waals surface area contributed by atoms with E-state index in [0.29, 0.717) is 10.0 Å². The molecule has 0 aromatic heterocycles. The van der Waals surface area contributed by atoms with Gasteiger partial charge in [-0.3, -0.25) is 0 Å². The summed E-state index contributed by atoms with van der Waals surface area (Å²) in [6, 6.07) is 4.70. The standard InChI is InChI=1S/C9H9BrFO/c1-6(5-12)7-3-2-4-8(11)9(7)10/h2-4,6,12H,1,5H2. The van der Waals surface area contributed by atoms with E-state index in [1.807, 2.05) is 0 Å².